The molecule has 0 aliphatic heterocycles. The van der Waals surface area contributed by atoms with E-state index in [4.69, 9.17) is 4.52 Å². The molecule has 2 rings (SSSR count). The molecule has 0 radical (unpaired) electrons. The van der Waals surface area contributed by atoms with Gasteiger partial charge in [-0.25, -0.2) is 0 Å². The predicted octanol–water partition coefficient (Wildman–Crippen LogP) is 2.71. The van der Waals surface area contributed by atoms with E-state index >= 15 is 0 Å². The van der Waals surface area contributed by atoms with Gasteiger partial charge in [0.25, 0.3) is 5.91 Å². The van der Waals surface area contributed by atoms with Crippen molar-refractivity contribution < 1.29 is 9.32 Å². The number of carbonyl (C=O) groups excluding carboxylic acids is 1. The number of benzene rings is 1. The zero-order valence-electron chi connectivity index (χ0n) is 10.5. The lowest BCUT2D eigenvalue weighted by Gasteiger charge is -2.04. The lowest BCUT2D eigenvalue weighted by Crippen LogP contribution is -2.23. The van der Waals surface area contributed by atoms with Crippen LogP contribution in [0.25, 0.3) is 0 Å². The molecule has 1 N–H and O–H groups in total. The van der Waals surface area contributed by atoms with Crippen molar-refractivity contribution in [2.45, 2.75) is 26.3 Å². The predicted molar refractivity (Wildman–Crippen MR) is 73.6 cm³/mol. The van der Waals surface area contributed by atoms with Crippen molar-refractivity contribution in [3.05, 3.63) is 46.0 Å². The number of nitrogens with one attached hydrogen (secondary N) is 1. The van der Waals surface area contributed by atoms with Gasteiger partial charge in [-0.15, -0.1) is 0 Å². The first kappa shape index (κ1) is 13.7. The van der Waals surface area contributed by atoms with Crippen molar-refractivity contribution in [3.63, 3.8) is 0 Å². The highest BCUT2D eigenvalue weighted by Crippen LogP contribution is 2.15. The van der Waals surface area contributed by atoms with Gasteiger partial charge in [-0.05, 0) is 34.5 Å². The summed E-state index contributed by atoms with van der Waals surface area (Å²) in [6.07, 6.45) is 1.70. The van der Waals surface area contributed by atoms with Crippen LogP contribution in [0.4, 0.5) is 0 Å². The summed E-state index contributed by atoms with van der Waals surface area (Å²) in [5.41, 5.74) is 0.583. The van der Waals surface area contributed by atoms with E-state index in [0.717, 1.165) is 17.3 Å². The molecular formula is C13H14BrN3O2. The minimum Gasteiger partial charge on any atom is -0.345 e. The van der Waals surface area contributed by atoms with Gasteiger partial charge in [-0.2, -0.15) is 4.98 Å². The van der Waals surface area contributed by atoms with E-state index in [1.807, 2.05) is 25.1 Å². The number of rotatable bonds is 5. The molecule has 2 aromatic rings. The average molecular weight is 324 g/mol. The van der Waals surface area contributed by atoms with Crippen molar-refractivity contribution >= 4 is 21.8 Å². The van der Waals surface area contributed by atoms with Gasteiger partial charge in [0.2, 0.25) is 5.89 Å². The van der Waals surface area contributed by atoms with E-state index in [1.165, 1.54) is 0 Å². The summed E-state index contributed by atoms with van der Waals surface area (Å²) < 4.78 is 5.80. The van der Waals surface area contributed by atoms with Gasteiger partial charge in [0.15, 0.2) is 5.82 Å². The number of hydrogen-bond acceptors (Lipinski definition) is 4. The Labute approximate surface area is 119 Å². The number of carbonyl (C=O) groups is 1. The summed E-state index contributed by atoms with van der Waals surface area (Å²) >= 11 is 3.34. The normalized spacial score (nSPS) is 10.4. The van der Waals surface area contributed by atoms with Gasteiger partial charge in [0.1, 0.15) is 0 Å². The van der Waals surface area contributed by atoms with Crippen molar-refractivity contribution in [3.8, 4) is 0 Å². The Morgan fingerprint density at radius 2 is 2.21 bits per heavy atom. The Hall–Kier alpha value is -1.69. The largest absolute Gasteiger partial charge is 0.345 e. The summed E-state index contributed by atoms with van der Waals surface area (Å²) in [7, 11) is 0. The topological polar surface area (TPSA) is 68.0 Å². The van der Waals surface area contributed by atoms with Crippen LogP contribution in [-0.2, 0) is 13.0 Å². The van der Waals surface area contributed by atoms with E-state index < -0.39 is 0 Å². The van der Waals surface area contributed by atoms with Crippen LogP contribution in [-0.4, -0.2) is 16.0 Å². The van der Waals surface area contributed by atoms with Crippen molar-refractivity contribution in [2.24, 2.45) is 0 Å². The van der Waals surface area contributed by atoms with Crippen molar-refractivity contribution in [2.75, 3.05) is 0 Å². The van der Waals surface area contributed by atoms with Crippen LogP contribution in [0.1, 0.15) is 35.4 Å². The van der Waals surface area contributed by atoms with Crippen LogP contribution in [0.15, 0.2) is 33.3 Å². The molecular weight excluding hydrogens is 310 g/mol. The first-order valence-corrected chi connectivity index (χ1v) is 6.84. The van der Waals surface area contributed by atoms with Gasteiger partial charge >= 0.3 is 0 Å². The molecule has 0 saturated heterocycles. The van der Waals surface area contributed by atoms with Crippen molar-refractivity contribution in [1.82, 2.24) is 15.5 Å². The number of halogens is 1. The first-order valence-electron chi connectivity index (χ1n) is 6.05. The quantitative estimate of drug-likeness (QED) is 0.918. The van der Waals surface area contributed by atoms with Crippen LogP contribution in [0.3, 0.4) is 0 Å². The highest BCUT2D eigenvalue weighted by Gasteiger charge is 2.11. The van der Waals surface area contributed by atoms with Crippen molar-refractivity contribution in [1.29, 1.82) is 0 Å². The van der Waals surface area contributed by atoms with Gasteiger partial charge in [0, 0.05) is 10.9 Å². The standard InChI is InChI=1S/C13H14BrN3O2/c1-2-5-12-16-11(17-19-12)8-15-13(18)9-6-3-4-7-10(9)14/h3-4,6-7H,2,5,8H2,1H3,(H,15,18). The van der Waals surface area contributed by atoms with Gasteiger partial charge in [0.05, 0.1) is 12.1 Å². The Balaban J connectivity index is 1.95. The third-order valence-electron chi connectivity index (χ3n) is 2.50. The molecule has 0 saturated carbocycles. The number of amides is 1. The zero-order valence-corrected chi connectivity index (χ0v) is 12.1. The summed E-state index contributed by atoms with van der Waals surface area (Å²) in [5, 5.41) is 6.57. The first-order chi connectivity index (χ1) is 9.20. The van der Waals surface area contributed by atoms with E-state index in [-0.39, 0.29) is 12.5 Å². The number of aromatic nitrogens is 2. The highest BCUT2D eigenvalue weighted by molar-refractivity contribution is 9.10. The minimum atomic E-state index is -0.172. The van der Waals surface area contributed by atoms with Crippen LogP contribution >= 0.6 is 15.9 Å². The van der Waals surface area contributed by atoms with Crippen LogP contribution in [0.2, 0.25) is 0 Å². The SMILES string of the molecule is CCCc1nc(CNC(=O)c2ccccc2Br)no1. The third-order valence-corrected chi connectivity index (χ3v) is 3.19. The minimum absolute atomic E-state index is 0.172. The summed E-state index contributed by atoms with van der Waals surface area (Å²) in [4.78, 5) is 16.1. The zero-order chi connectivity index (χ0) is 13.7. The lowest BCUT2D eigenvalue weighted by molar-refractivity contribution is 0.0949. The summed E-state index contributed by atoms with van der Waals surface area (Å²) in [6, 6.07) is 7.24. The molecule has 1 amide bonds. The number of nitrogens with zero attached hydrogens (tertiary/aromatic N) is 2. The molecule has 1 aromatic carbocycles. The van der Waals surface area contributed by atoms with E-state index in [1.54, 1.807) is 6.07 Å². The maximum Gasteiger partial charge on any atom is 0.252 e. The monoisotopic (exact) mass is 323 g/mol. The fourth-order valence-electron chi connectivity index (χ4n) is 1.58. The van der Waals surface area contributed by atoms with Gasteiger partial charge < -0.3 is 9.84 Å². The van der Waals surface area contributed by atoms with E-state index in [9.17, 15) is 4.79 Å². The smallest absolute Gasteiger partial charge is 0.252 e. The van der Waals surface area contributed by atoms with Crippen LogP contribution in [0, 0.1) is 0 Å². The third kappa shape index (κ3) is 3.64. The Morgan fingerprint density at radius 1 is 1.42 bits per heavy atom. The average Bonchev–Trinajstić information content (AvgIpc) is 2.85. The molecule has 0 aliphatic rings. The van der Waals surface area contributed by atoms with Gasteiger partial charge in [-0.1, -0.05) is 24.2 Å². The number of aryl methyl sites for hydroxylation is 1. The second kappa shape index (κ2) is 6.47. The molecule has 0 unspecified atom stereocenters. The maximum atomic E-state index is 11.9. The molecule has 5 nitrogen and oxygen atoms in total. The number of hydrogen-bond donors (Lipinski definition) is 1. The van der Waals surface area contributed by atoms with Crippen LogP contribution in [0.5, 0.6) is 0 Å². The Kier molecular flexibility index (Phi) is 4.68. The molecule has 1 aromatic heterocycles. The molecule has 19 heavy (non-hydrogen) atoms. The molecule has 1 heterocycles. The molecule has 0 aliphatic carbocycles. The Morgan fingerprint density at radius 3 is 2.95 bits per heavy atom. The highest BCUT2D eigenvalue weighted by atomic mass is 79.9. The molecule has 0 fully saturated rings. The lowest BCUT2D eigenvalue weighted by atomic mass is 10.2. The Bertz CT molecular complexity index is 569. The molecule has 0 atom stereocenters. The molecule has 100 valence electrons. The fraction of sp³-hybridized carbons (Fsp3) is 0.308. The fourth-order valence-corrected chi connectivity index (χ4v) is 2.04. The molecule has 0 bridgehead atoms. The van der Waals surface area contributed by atoms with Crippen LogP contribution < -0.4 is 5.32 Å². The second-order valence-corrected chi connectivity index (χ2v) is 4.87. The van der Waals surface area contributed by atoms with E-state index in [2.05, 4.69) is 31.4 Å². The van der Waals surface area contributed by atoms with Gasteiger partial charge in [-0.3, -0.25) is 4.79 Å². The summed E-state index contributed by atoms with van der Waals surface area (Å²) in [6.45, 7) is 2.30. The molecule has 6 heteroatoms. The molecule has 0 spiro atoms. The van der Waals surface area contributed by atoms with E-state index in [0.29, 0.717) is 17.3 Å². The maximum absolute atomic E-state index is 11.9. The second-order valence-electron chi connectivity index (χ2n) is 4.02. The summed E-state index contributed by atoms with van der Waals surface area (Å²) in [5.74, 6) is 0.922.